The predicted molar refractivity (Wildman–Crippen MR) is 78.2 cm³/mol. The summed E-state index contributed by atoms with van der Waals surface area (Å²) in [5.74, 6) is -0.760. The van der Waals surface area contributed by atoms with Crippen LogP contribution >= 0.6 is 0 Å². The van der Waals surface area contributed by atoms with E-state index in [1.807, 2.05) is 12.1 Å². The highest BCUT2D eigenvalue weighted by Gasteiger charge is 2.21. The summed E-state index contributed by atoms with van der Waals surface area (Å²) in [6.07, 6.45) is 3.05. The second-order valence-electron chi connectivity index (χ2n) is 4.86. The SMILES string of the molecule is CCc1ccc(C(=O)C(C)OC(=O)c2cnn(C)c2)cc1. The quantitative estimate of drug-likeness (QED) is 0.625. The molecular weight excluding hydrogens is 268 g/mol. The summed E-state index contributed by atoms with van der Waals surface area (Å²) in [5.41, 5.74) is 2.03. The third-order valence-corrected chi connectivity index (χ3v) is 3.24. The van der Waals surface area contributed by atoms with Crippen LogP contribution in [0.25, 0.3) is 0 Å². The van der Waals surface area contributed by atoms with Gasteiger partial charge in [-0.25, -0.2) is 4.79 Å². The lowest BCUT2D eigenvalue weighted by Gasteiger charge is -2.11. The van der Waals surface area contributed by atoms with Crippen LogP contribution in [0.15, 0.2) is 36.7 Å². The van der Waals surface area contributed by atoms with Crippen molar-refractivity contribution in [2.24, 2.45) is 7.05 Å². The number of hydrogen-bond donors (Lipinski definition) is 0. The van der Waals surface area contributed by atoms with Gasteiger partial charge in [0.05, 0.1) is 11.8 Å². The van der Waals surface area contributed by atoms with Gasteiger partial charge in [-0.2, -0.15) is 5.10 Å². The zero-order valence-electron chi connectivity index (χ0n) is 12.4. The van der Waals surface area contributed by atoms with Crippen molar-refractivity contribution in [2.45, 2.75) is 26.4 Å². The maximum Gasteiger partial charge on any atom is 0.342 e. The highest BCUT2D eigenvalue weighted by molar-refractivity contribution is 6.01. The number of ether oxygens (including phenoxy) is 1. The lowest BCUT2D eigenvalue weighted by molar-refractivity contribution is 0.0318. The molecule has 0 radical (unpaired) electrons. The van der Waals surface area contributed by atoms with Gasteiger partial charge in [0.25, 0.3) is 0 Å². The second kappa shape index (κ2) is 6.35. The molecule has 2 rings (SSSR count). The predicted octanol–water partition coefficient (Wildman–Crippen LogP) is 2.41. The van der Waals surface area contributed by atoms with Crippen molar-refractivity contribution in [1.29, 1.82) is 0 Å². The van der Waals surface area contributed by atoms with Crippen LogP contribution in [0.2, 0.25) is 0 Å². The molecule has 1 atom stereocenters. The van der Waals surface area contributed by atoms with Gasteiger partial charge in [0.15, 0.2) is 6.10 Å². The third-order valence-electron chi connectivity index (χ3n) is 3.24. The van der Waals surface area contributed by atoms with E-state index in [9.17, 15) is 9.59 Å². The maximum absolute atomic E-state index is 12.2. The Kier molecular flexibility index (Phi) is 4.52. The van der Waals surface area contributed by atoms with Gasteiger partial charge in [-0.1, -0.05) is 31.2 Å². The molecule has 2 aromatic rings. The van der Waals surface area contributed by atoms with Gasteiger partial charge in [-0.3, -0.25) is 9.48 Å². The molecule has 110 valence electrons. The average molecular weight is 286 g/mol. The number of esters is 1. The largest absolute Gasteiger partial charge is 0.451 e. The number of Topliss-reactive ketones (excluding diaryl/α,β-unsaturated/α-hetero) is 1. The number of hydrogen-bond acceptors (Lipinski definition) is 4. The van der Waals surface area contributed by atoms with Crippen molar-refractivity contribution in [3.8, 4) is 0 Å². The van der Waals surface area contributed by atoms with Crippen LogP contribution < -0.4 is 0 Å². The summed E-state index contributed by atoms with van der Waals surface area (Å²) >= 11 is 0. The first-order chi connectivity index (χ1) is 10.0. The van der Waals surface area contributed by atoms with Crippen molar-refractivity contribution >= 4 is 11.8 Å². The van der Waals surface area contributed by atoms with Gasteiger partial charge in [0.1, 0.15) is 0 Å². The molecule has 1 aromatic carbocycles. The van der Waals surface area contributed by atoms with E-state index in [1.54, 1.807) is 32.3 Å². The summed E-state index contributed by atoms with van der Waals surface area (Å²) < 4.78 is 6.69. The molecule has 5 heteroatoms. The molecule has 1 unspecified atom stereocenters. The van der Waals surface area contributed by atoms with Crippen LogP contribution in [0.4, 0.5) is 0 Å². The summed E-state index contributed by atoms with van der Waals surface area (Å²) in [5, 5.41) is 3.90. The van der Waals surface area contributed by atoms with Crippen LogP contribution in [0.3, 0.4) is 0 Å². The number of carbonyl (C=O) groups is 2. The molecule has 0 aliphatic carbocycles. The molecule has 0 amide bonds. The van der Waals surface area contributed by atoms with Crippen molar-refractivity contribution in [3.63, 3.8) is 0 Å². The van der Waals surface area contributed by atoms with E-state index in [-0.39, 0.29) is 5.78 Å². The first kappa shape index (κ1) is 15.0. The second-order valence-corrected chi connectivity index (χ2v) is 4.86. The molecule has 5 nitrogen and oxygen atoms in total. The molecule has 21 heavy (non-hydrogen) atoms. The first-order valence-electron chi connectivity index (χ1n) is 6.84. The Hall–Kier alpha value is -2.43. The standard InChI is InChI=1S/C16H18N2O3/c1-4-12-5-7-13(8-6-12)15(19)11(2)21-16(20)14-9-17-18(3)10-14/h5-11H,4H2,1-3H3. The summed E-state index contributed by atoms with van der Waals surface area (Å²) in [6, 6.07) is 7.33. The van der Waals surface area contributed by atoms with E-state index < -0.39 is 12.1 Å². The lowest BCUT2D eigenvalue weighted by atomic mass is 10.0. The highest BCUT2D eigenvalue weighted by Crippen LogP contribution is 2.11. The molecule has 0 bridgehead atoms. The van der Waals surface area contributed by atoms with Crippen LogP contribution in [0.1, 0.15) is 40.1 Å². The zero-order valence-corrected chi connectivity index (χ0v) is 12.4. The van der Waals surface area contributed by atoms with Crippen LogP contribution in [-0.4, -0.2) is 27.6 Å². The van der Waals surface area contributed by atoms with Gasteiger partial charge in [0, 0.05) is 18.8 Å². The number of ketones is 1. The Morgan fingerprint density at radius 3 is 2.43 bits per heavy atom. The van der Waals surface area contributed by atoms with Gasteiger partial charge in [-0.15, -0.1) is 0 Å². The van der Waals surface area contributed by atoms with E-state index >= 15 is 0 Å². The number of benzene rings is 1. The fraction of sp³-hybridized carbons (Fsp3) is 0.312. The fourth-order valence-electron chi connectivity index (χ4n) is 1.95. The fourth-order valence-corrected chi connectivity index (χ4v) is 1.95. The molecule has 0 spiro atoms. The maximum atomic E-state index is 12.2. The van der Waals surface area contributed by atoms with Gasteiger partial charge < -0.3 is 4.74 Å². The monoisotopic (exact) mass is 286 g/mol. The summed E-state index contributed by atoms with van der Waals surface area (Å²) in [7, 11) is 1.71. The molecule has 0 aliphatic heterocycles. The van der Waals surface area contributed by atoms with Crippen molar-refractivity contribution in [1.82, 2.24) is 9.78 Å². The minimum absolute atomic E-state index is 0.213. The molecule has 0 N–H and O–H groups in total. The summed E-state index contributed by atoms with van der Waals surface area (Å²) in [6.45, 7) is 3.62. The molecule has 0 saturated heterocycles. The van der Waals surface area contributed by atoms with Gasteiger partial charge in [-0.05, 0) is 18.9 Å². The number of carbonyl (C=O) groups excluding carboxylic acids is 2. The van der Waals surface area contributed by atoms with Gasteiger partial charge >= 0.3 is 5.97 Å². The minimum atomic E-state index is -0.829. The molecule has 0 aliphatic rings. The Balaban J connectivity index is 2.03. The number of rotatable bonds is 5. The Bertz CT molecular complexity index is 644. The highest BCUT2D eigenvalue weighted by atomic mass is 16.5. The normalized spacial score (nSPS) is 12.0. The third kappa shape index (κ3) is 3.56. The van der Waals surface area contributed by atoms with Crippen molar-refractivity contribution < 1.29 is 14.3 Å². The number of nitrogens with zero attached hydrogens (tertiary/aromatic N) is 2. The van der Waals surface area contributed by atoms with Crippen LogP contribution in [0, 0.1) is 0 Å². The van der Waals surface area contributed by atoms with E-state index in [2.05, 4.69) is 12.0 Å². The Morgan fingerprint density at radius 1 is 1.24 bits per heavy atom. The molecular formula is C16H18N2O3. The van der Waals surface area contributed by atoms with E-state index in [0.29, 0.717) is 11.1 Å². The van der Waals surface area contributed by atoms with Crippen molar-refractivity contribution in [2.75, 3.05) is 0 Å². The number of aromatic nitrogens is 2. The first-order valence-corrected chi connectivity index (χ1v) is 6.84. The van der Waals surface area contributed by atoms with E-state index in [4.69, 9.17) is 4.74 Å². The molecule has 1 heterocycles. The van der Waals surface area contributed by atoms with E-state index in [1.165, 1.54) is 10.9 Å². The average Bonchev–Trinajstić information content (AvgIpc) is 2.93. The summed E-state index contributed by atoms with van der Waals surface area (Å²) in [4.78, 5) is 24.1. The molecule has 1 aromatic heterocycles. The Labute approximate surface area is 123 Å². The minimum Gasteiger partial charge on any atom is -0.451 e. The van der Waals surface area contributed by atoms with Gasteiger partial charge in [0.2, 0.25) is 5.78 Å². The van der Waals surface area contributed by atoms with Crippen LogP contribution in [0.5, 0.6) is 0 Å². The zero-order chi connectivity index (χ0) is 15.4. The molecule has 0 saturated carbocycles. The van der Waals surface area contributed by atoms with Crippen molar-refractivity contribution in [3.05, 3.63) is 53.3 Å². The Morgan fingerprint density at radius 2 is 1.90 bits per heavy atom. The van der Waals surface area contributed by atoms with E-state index in [0.717, 1.165) is 12.0 Å². The topological polar surface area (TPSA) is 61.2 Å². The smallest absolute Gasteiger partial charge is 0.342 e. The lowest BCUT2D eigenvalue weighted by Crippen LogP contribution is -2.24. The number of aryl methyl sites for hydroxylation is 2. The van der Waals surface area contributed by atoms with Crippen LogP contribution in [-0.2, 0) is 18.2 Å². The molecule has 0 fully saturated rings.